The summed E-state index contributed by atoms with van der Waals surface area (Å²) < 4.78 is 3.90. The highest BCUT2D eigenvalue weighted by molar-refractivity contribution is 5.98. The van der Waals surface area contributed by atoms with Crippen LogP contribution < -0.4 is 16.2 Å². The zero-order valence-corrected chi connectivity index (χ0v) is 20.9. The standard InChI is InChI=1S/C27H33N7O/c1-16(2)23-24(31-26-32-27(3,4)15-33(26)25(23)35)21-13-29-22-6-5-17(11-20(21)22)18-12-30-34(14-18)19-7-9-28-10-8-19/h5-6,11-14,16,19,28-29H,7-10,15H2,1-4H3,(H,31,32). The molecule has 0 radical (unpaired) electrons. The summed E-state index contributed by atoms with van der Waals surface area (Å²) in [5.74, 6) is 0.705. The van der Waals surface area contributed by atoms with Crippen molar-refractivity contribution in [1.82, 2.24) is 29.6 Å². The number of hydrogen-bond acceptors (Lipinski definition) is 5. The molecule has 1 aromatic carbocycles. The Labute approximate surface area is 204 Å². The minimum absolute atomic E-state index is 0.0480. The SMILES string of the molecule is CC(C)c1c(-c2c[nH]c3ccc(-c4cnn(C5CCNCC5)c4)cc23)nc2n(c1=O)CC(C)(C)N2. The molecule has 6 rings (SSSR count). The fourth-order valence-electron chi connectivity index (χ4n) is 5.53. The Morgan fingerprint density at radius 3 is 2.71 bits per heavy atom. The zero-order valence-electron chi connectivity index (χ0n) is 20.9. The van der Waals surface area contributed by atoms with Crippen LogP contribution in [0.5, 0.6) is 0 Å². The maximum absolute atomic E-state index is 13.5. The second kappa shape index (κ2) is 8.09. The third kappa shape index (κ3) is 3.76. The number of aromatic nitrogens is 5. The molecule has 2 aliphatic rings. The van der Waals surface area contributed by atoms with Crippen LogP contribution in [0.15, 0.2) is 41.6 Å². The van der Waals surface area contributed by atoms with E-state index in [1.165, 1.54) is 0 Å². The number of anilines is 1. The molecular weight excluding hydrogens is 438 g/mol. The van der Waals surface area contributed by atoms with E-state index in [0.29, 0.717) is 18.5 Å². The summed E-state index contributed by atoms with van der Waals surface area (Å²) in [4.78, 5) is 21.9. The fourth-order valence-corrected chi connectivity index (χ4v) is 5.53. The molecule has 3 N–H and O–H groups in total. The van der Waals surface area contributed by atoms with Gasteiger partial charge in [-0.05, 0) is 63.4 Å². The van der Waals surface area contributed by atoms with Crippen LogP contribution in [0.25, 0.3) is 33.3 Å². The molecule has 5 heterocycles. The van der Waals surface area contributed by atoms with E-state index >= 15 is 0 Å². The first-order chi connectivity index (χ1) is 16.8. The minimum Gasteiger partial charge on any atom is -0.360 e. The number of fused-ring (bicyclic) bond motifs is 2. The molecule has 0 unspecified atom stereocenters. The van der Waals surface area contributed by atoms with Crippen LogP contribution in [0.2, 0.25) is 0 Å². The average Bonchev–Trinajstić information content (AvgIpc) is 3.55. The highest BCUT2D eigenvalue weighted by Gasteiger charge is 2.32. The number of nitrogens with zero attached hydrogens (tertiary/aromatic N) is 4. The van der Waals surface area contributed by atoms with E-state index in [0.717, 1.165) is 64.8 Å². The Morgan fingerprint density at radius 1 is 1.14 bits per heavy atom. The quantitative estimate of drug-likeness (QED) is 0.407. The Morgan fingerprint density at radius 2 is 1.94 bits per heavy atom. The maximum Gasteiger partial charge on any atom is 0.259 e. The first-order valence-corrected chi connectivity index (χ1v) is 12.6. The Bertz CT molecular complexity index is 1470. The summed E-state index contributed by atoms with van der Waals surface area (Å²) in [6, 6.07) is 6.88. The van der Waals surface area contributed by atoms with Gasteiger partial charge >= 0.3 is 0 Å². The molecule has 0 bridgehead atoms. The second-order valence-corrected chi connectivity index (χ2v) is 10.9. The van der Waals surface area contributed by atoms with Crippen LogP contribution in [0, 0.1) is 0 Å². The number of aromatic amines is 1. The van der Waals surface area contributed by atoms with Gasteiger partial charge in [-0.2, -0.15) is 5.10 Å². The van der Waals surface area contributed by atoms with Gasteiger partial charge in [0.2, 0.25) is 5.95 Å². The molecular formula is C27H33N7O. The van der Waals surface area contributed by atoms with Crippen molar-refractivity contribution in [1.29, 1.82) is 0 Å². The zero-order chi connectivity index (χ0) is 24.3. The van der Waals surface area contributed by atoms with E-state index in [1.807, 2.05) is 12.4 Å². The van der Waals surface area contributed by atoms with Crippen molar-refractivity contribution in [3.05, 3.63) is 52.7 Å². The van der Waals surface area contributed by atoms with Gasteiger partial charge in [0.05, 0.1) is 30.0 Å². The van der Waals surface area contributed by atoms with E-state index in [-0.39, 0.29) is 17.0 Å². The molecule has 1 saturated heterocycles. The van der Waals surface area contributed by atoms with Gasteiger partial charge in [0.1, 0.15) is 0 Å². The van der Waals surface area contributed by atoms with Crippen LogP contribution in [0.4, 0.5) is 5.95 Å². The van der Waals surface area contributed by atoms with Gasteiger partial charge in [-0.3, -0.25) is 14.0 Å². The normalized spacial score (nSPS) is 17.7. The van der Waals surface area contributed by atoms with E-state index in [1.54, 1.807) is 4.57 Å². The van der Waals surface area contributed by atoms with Crippen molar-refractivity contribution in [2.45, 2.75) is 64.6 Å². The lowest BCUT2D eigenvalue weighted by molar-refractivity contribution is 0.343. The summed E-state index contributed by atoms with van der Waals surface area (Å²) in [5.41, 5.74) is 5.57. The molecule has 8 nitrogen and oxygen atoms in total. The molecule has 35 heavy (non-hydrogen) atoms. The first kappa shape index (κ1) is 22.1. The molecule has 0 saturated carbocycles. The fraction of sp³-hybridized carbons (Fsp3) is 0.444. The largest absolute Gasteiger partial charge is 0.360 e. The Kier molecular flexibility index (Phi) is 5.11. The minimum atomic E-state index is -0.200. The summed E-state index contributed by atoms with van der Waals surface area (Å²) in [5, 5.41) is 12.6. The molecule has 3 aromatic heterocycles. The van der Waals surface area contributed by atoms with Crippen LogP contribution in [0.3, 0.4) is 0 Å². The molecule has 0 amide bonds. The lowest BCUT2D eigenvalue weighted by Gasteiger charge is -2.22. The summed E-state index contributed by atoms with van der Waals surface area (Å²) in [6.07, 6.45) is 8.31. The third-order valence-corrected chi connectivity index (χ3v) is 7.34. The Balaban J connectivity index is 1.45. The average molecular weight is 472 g/mol. The van der Waals surface area contributed by atoms with Crippen LogP contribution >= 0.6 is 0 Å². The van der Waals surface area contributed by atoms with Crippen molar-refractivity contribution >= 4 is 16.9 Å². The number of hydrogen-bond donors (Lipinski definition) is 3. The van der Waals surface area contributed by atoms with Crippen molar-refractivity contribution in [3.63, 3.8) is 0 Å². The van der Waals surface area contributed by atoms with Gasteiger partial charge in [-0.25, -0.2) is 4.98 Å². The monoisotopic (exact) mass is 471 g/mol. The maximum atomic E-state index is 13.5. The predicted molar refractivity (Wildman–Crippen MR) is 140 cm³/mol. The van der Waals surface area contributed by atoms with Gasteiger partial charge in [-0.15, -0.1) is 0 Å². The van der Waals surface area contributed by atoms with Crippen LogP contribution in [-0.2, 0) is 6.54 Å². The van der Waals surface area contributed by atoms with Crippen molar-refractivity contribution < 1.29 is 0 Å². The summed E-state index contributed by atoms with van der Waals surface area (Å²) in [7, 11) is 0. The van der Waals surface area contributed by atoms with Gasteiger partial charge < -0.3 is 15.6 Å². The topological polar surface area (TPSA) is 92.6 Å². The second-order valence-electron chi connectivity index (χ2n) is 10.9. The summed E-state index contributed by atoms with van der Waals surface area (Å²) >= 11 is 0. The van der Waals surface area contributed by atoms with E-state index in [2.05, 4.69) is 77.5 Å². The van der Waals surface area contributed by atoms with Gasteiger partial charge in [0, 0.05) is 40.0 Å². The number of rotatable bonds is 4. The molecule has 0 aliphatic carbocycles. The van der Waals surface area contributed by atoms with E-state index < -0.39 is 0 Å². The van der Waals surface area contributed by atoms with Crippen LogP contribution in [-0.4, -0.2) is 42.9 Å². The van der Waals surface area contributed by atoms with E-state index in [9.17, 15) is 4.79 Å². The lowest BCUT2D eigenvalue weighted by Crippen LogP contribution is -2.30. The van der Waals surface area contributed by atoms with Crippen molar-refractivity contribution in [2.24, 2.45) is 0 Å². The third-order valence-electron chi connectivity index (χ3n) is 7.34. The van der Waals surface area contributed by atoms with E-state index in [4.69, 9.17) is 4.98 Å². The van der Waals surface area contributed by atoms with Crippen LogP contribution in [0.1, 0.15) is 58.1 Å². The number of nitrogens with one attached hydrogen (secondary N) is 3. The summed E-state index contributed by atoms with van der Waals surface area (Å²) in [6.45, 7) is 11.0. The molecule has 1 fully saturated rings. The highest BCUT2D eigenvalue weighted by atomic mass is 16.1. The molecule has 182 valence electrons. The van der Waals surface area contributed by atoms with Crippen molar-refractivity contribution in [3.8, 4) is 22.4 Å². The molecule has 0 spiro atoms. The highest BCUT2D eigenvalue weighted by Crippen LogP contribution is 2.36. The lowest BCUT2D eigenvalue weighted by atomic mass is 9.96. The molecule has 4 aromatic rings. The van der Waals surface area contributed by atoms with Crippen molar-refractivity contribution in [2.75, 3.05) is 18.4 Å². The van der Waals surface area contributed by atoms with Gasteiger partial charge in [0.15, 0.2) is 0 Å². The van der Waals surface area contributed by atoms with Gasteiger partial charge in [0.25, 0.3) is 5.56 Å². The molecule has 8 heteroatoms. The molecule has 0 atom stereocenters. The number of benzene rings is 1. The van der Waals surface area contributed by atoms with Gasteiger partial charge in [-0.1, -0.05) is 19.9 Å². The number of piperidine rings is 1. The first-order valence-electron chi connectivity index (χ1n) is 12.6. The predicted octanol–water partition coefficient (Wildman–Crippen LogP) is 4.51. The number of H-pyrrole nitrogens is 1. The molecule has 2 aliphatic heterocycles. The smallest absolute Gasteiger partial charge is 0.259 e. The Hall–Kier alpha value is -3.39.